The summed E-state index contributed by atoms with van der Waals surface area (Å²) in [6.45, 7) is 9.12. The van der Waals surface area contributed by atoms with Crippen LogP contribution >= 0.6 is 11.3 Å². The molecule has 1 aliphatic heterocycles. The van der Waals surface area contributed by atoms with Crippen molar-refractivity contribution in [2.75, 3.05) is 18.0 Å². The number of hydrazine groups is 1. The first kappa shape index (κ1) is 30.1. The highest BCUT2D eigenvalue weighted by molar-refractivity contribution is 7.15. The van der Waals surface area contributed by atoms with Gasteiger partial charge in [0.2, 0.25) is 5.91 Å². The number of carboxylic acid groups (broad SMARTS) is 1. The minimum atomic E-state index is -1.07. The van der Waals surface area contributed by atoms with Crippen LogP contribution in [0.3, 0.4) is 0 Å². The second-order valence-electron chi connectivity index (χ2n) is 12.4. The maximum absolute atomic E-state index is 14.1. The number of piperidine rings is 1. The molecule has 10 heteroatoms. The number of hydrogen-bond donors (Lipinski definition) is 2. The maximum Gasteiger partial charge on any atom is 0.422 e. The number of aromatic carboxylic acids is 1. The van der Waals surface area contributed by atoms with Gasteiger partial charge in [-0.2, -0.15) is 0 Å². The molecule has 0 bridgehead atoms. The lowest BCUT2D eigenvalue weighted by atomic mass is 9.82. The Bertz CT molecular complexity index is 1180. The van der Waals surface area contributed by atoms with Gasteiger partial charge >= 0.3 is 12.1 Å². The van der Waals surface area contributed by atoms with Gasteiger partial charge in [0.05, 0.1) is 10.6 Å². The summed E-state index contributed by atoms with van der Waals surface area (Å²) < 4.78 is 5.31. The molecule has 1 aromatic heterocycles. The third-order valence-electron chi connectivity index (χ3n) is 7.91. The number of carboxylic acids is 1. The van der Waals surface area contributed by atoms with E-state index < -0.39 is 18.2 Å². The van der Waals surface area contributed by atoms with Crippen molar-refractivity contribution < 1.29 is 29.0 Å². The lowest BCUT2D eigenvalue weighted by Crippen LogP contribution is -2.54. The number of rotatable bonds is 6. The maximum atomic E-state index is 14.1. The van der Waals surface area contributed by atoms with E-state index in [-0.39, 0.29) is 33.9 Å². The van der Waals surface area contributed by atoms with Gasteiger partial charge in [0.15, 0.2) is 11.9 Å². The highest BCUT2D eigenvalue weighted by Gasteiger charge is 2.38. The molecule has 1 atom stereocenters. The number of Topliss-reactive ketones (excluding diaryl/α,β-unsaturated/α-hetero) is 1. The smallest absolute Gasteiger partial charge is 0.422 e. The number of nitrogens with zero attached hydrogens (tertiary/aromatic N) is 2. The van der Waals surface area contributed by atoms with Crippen molar-refractivity contribution in [1.82, 2.24) is 10.4 Å². The SMILES string of the molecule is CC1CCC(C(=O)N(c2cc(C#CC(C)(C)C)sc2C(=O)O)C2CCN(NC(=O)O[C@@H]3CCCC3=O)CC2)CC1. The number of ether oxygens (including phenoxy) is 1. The second kappa shape index (κ2) is 12.7. The second-order valence-corrected chi connectivity index (χ2v) is 13.4. The molecule has 3 aliphatic rings. The van der Waals surface area contributed by atoms with Gasteiger partial charge in [-0.15, -0.1) is 11.3 Å². The minimum absolute atomic E-state index is 0.0203. The number of amides is 2. The first-order valence-corrected chi connectivity index (χ1v) is 15.2. The minimum Gasteiger partial charge on any atom is -0.477 e. The Morgan fingerprint density at radius 1 is 1.10 bits per heavy atom. The molecule has 2 heterocycles. The van der Waals surface area contributed by atoms with Gasteiger partial charge in [0, 0.05) is 36.9 Å². The average Bonchev–Trinajstić information content (AvgIpc) is 3.50. The molecule has 9 nitrogen and oxygen atoms in total. The monoisotopic (exact) mass is 571 g/mol. The van der Waals surface area contributed by atoms with E-state index in [2.05, 4.69) is 24.2 Å². The summed E-state index contributed by atoms with van der Waals surface area (Å²) in [5, 5.41) is 11.8. The summed E-state index contributed by atoms with van der Waals surface area (Å²) in [6, 6.07) is 1.55. The Labute approximate surface area is 240 Å². The van der Waals surface area contributed by atoms with Gasteiger partial charge in [-0.05, 0) is 84.1 Å². The average molecular weight is 572 g/mol. The molecule has 1 aromatic rings. The van der Waals surface area contributed by atoms with Gasteiger partial charge in [-0.3, -0.25) is 15.0 Å². The van der Waals surface area contributed by atoms with Crippen LogP contribution in [-0.4, -0.2) is 59.1 Å². The lowest BCUT2D eigenvalue weighted by molar-refractivity contribution is -0.125. The molecule has 40 heavy (non-hydrogen) atoms. The molecule has 2 aliphatic carbocycles. The summed E-state index contributed by atoms with van der Waals surface area (Å²) >= 11 is 1.11. The molecule has 0 spiro atoms. The Morgan fingerprint density at radius 3 is 2.35 bits per heavy atom. The first-order chi connectivity index (χ1) is 18.9. The number of nitrogens with one attached hydrogen (secondary N) is 1. The van der Waals surface area contributed by atoms with Gasteiger partial charge in [-0.25, -0.2) is 14.6 Å². The zero-order valence-corrected chi connectivity index (χ0v) is 24.8. The van der Waals surface area contributed by atoms with E-state index in [4.69, 9.17) is 4.74 Å². The zero-order chi connectivity index (χ0) is 29.0. The standard InChI is InChI=1S/C30H41N3O6S/c1-19-8-10-20(11-9-19)27(35)33(23-18-22(12-15-30(2,3)4)40-26(23)28(36)37)21-13-16-32(17-14-21)31-29(38)39-25-7-5-6-24(25)34/h18-21,25H,5-11,13-14,16-17H2,1-4H3,(H,31,38)(H,36,37)/t19?,20?,25-/m1/s1. The van der Waals surface area contributed by atoms with E-state index >= 15 is 0 Å². The summed E-state index contributed by atoms with van der Waals surface area (Å²) in [5.74, 6) is 5.60. The fourth-order valence-corrected chi connectivity index (χ4v) is 6.49. The van der Waals surface area contributed by atoms with Crippen molar-refractivity contribution in [3.8, 4) is 11.8 Å². The Morgan fingerprint density at radius 2 is 1.77 bits per heavy atom. The fourth-order valence-electron chi connectivity index (χ4n) is 5.65. The highest BCUT2D eigenvalue weighted by Crippen LogP contribution is 2.38. The molecule has 0 radical (unpaired) electrons. The summed E-state index contributed by atoms with van der Waals surface area (Å²) in [5.41, 5.74) is 2.91. The summed E-state index contributed by atoms with van der Waals surface area (Å²) in [6.07, 6.45) is 5.08. The number of carbonyl (C=O) groups is 4. The predicted molar refractivity (Wildman–Crippen MR) is 153 cm³/mol. The third kappa shape index (κ3) is 7.64. The van der Waals surface area contributed by atoms with E-state index in [1.54, 1.807) is 16.0 Å². The molecule has 2 amide bonds. The van der Waals surface area contributed by atoms with Crippen LogP contribution in [0.1, 0.15) is 100 Å². The molecule has 0 unspecified atom stereocenters. The van der Waals surface area contributed by atoms with Crippen LogP contribution in [0.25, 0.3) is 0 Å². The van der Waals surface area contributed by atoms with Crippen LogP contribution in [-0.2, 0) is 14.3 Å². The third-order valence-corrected chi connectivity index (χ3v) is 8.93. The van der Waals surface area contributed by atoms with Crippen molar-refractivity contribution in [3.05, 3.63) is 15.8 Å². The highest BCUT2D eigenvalue weighted by atomic mass is 32.1. The molecular weight excluding hydrogens is 530 g/mol. The quantitative estimate of drug-likeness (QED) is 0.449. The molecule has 0 aromatic carbocycles. The first-order valence-electron chi connectivity index (χ1n) is 14.4. The fraction of sp³-hybridized carbons (Fsp3) is 0.667. The van der Waals surface area contributed by atoms with Crippen LogP contribution in [0, 0.1) is 29.1 Å². The van der Waals surface area contributed by atoms with Crippen molar-refractivity contribution in [3.63, 3.8) is 0 Å². The van der Waals surface area contributed by atoms with Crippen LogP contribution in [0.2, 0.25) is 0 Å². The van der Waals surface area contributed by atoms with E-state index in [0.29, 0.717) is 55.3 Å². The lowest BCUT2D eigenvalue weighted by Gasteiger charge is -2.40. The van der Waals surface area contributed by atoms with Gasteiger partial charge in [-0.1, -0.05) is 18.8 Å². The number of ketones is 1. The molecule has 2 saturated carbocycles. The Kier molecular flexibility index (Phi) is 9.57. The zero-order valence-electron chi connectivity index (χ0n) is 24.0. The van der Waals surface area contributed by atoms with Gasteiger partial charge in [0.1, 0.15) is 4.88 Å². The van der Waals surface area contributed by atoms with Crippen LogP contribution in [0.4, 0.5) is 10.5 Å². The Balaban J connectivity index is 1.53. The molecule has 218 valence electrons. The van der Waals surface area contributed by atoms with Gasteiger partial charge in [0.25, 0.3) is 0 Å². The summed E-state index contributed by atoms with van der Waals surface area (Å²) in [4.78, 5) is 53.1. The van der Waals surface area contributed by atoms with Crippen molar-refractivity contribution in [1.29, 1.82) is 0 Å². The van der Waals surface area contributed by atoms with Crippen molar-refractivity contribution >= 4 is 40.8 Å². The number of thiophene rings is 1. The topological polar surface area (TPSA) is 116 Å². The van der Waals surface area contributed by atoms with E-state index in [1.807, 2.05) is 20.8 Å². The van der Waals surface area contributed by atoms with Crippen LogP contribution < -0.4 is 10.3 Å². The number of carbonyl (C=O) groups excluding carboxylic acids is 3. The van der Waals surface area contributed by atoms with Crippen LogP contribution in [0.5, 0.6) is 0 Å². The molecular formula is C30H41N3O6S. The van der Waals surface area contributed by atoms with Crippen LogP contribution in [0.15, 0.2) is 6.07 Å². The summed E-state index contributed by atoms with van der Waals surface area (Å²) in [7, 11) is 0. The van der Waals surface area contributed by atoms with Crippen molar-refractivity contribution in [2.24, 2.45) is 17.3 Å². The van der Waals surface area contributed by atoms with E-state index in [9.17, 15) is 24.3 Å². The molecule has 4 rings (SSSR count). The Hall–Kier alpha value is -2.90. The molecule has 3 fully saturated rings. The largest absolute Gasteiger partial charge is 0.477 e. The van der Waals surface area contributed by atoms with Crippen molar-refractivity contribution in [2.45, 2.75) is 97.6 Å². The van der Waals surface area contributed by atoms with Gasteiger partial charge < -0.3 is 14.7 Å². The molecule has 2 N–H and O–H groups in total. The number of anilines is 1. The van der Waals surface area contributed by atoms with E-state index in [0.717, 1.165) is 43.4 Å². The number of hydrogen-bond acceptors (Lipinski definition) is 7. The van der Waals surface area contributed by atoms with E-state index in [1.165, 1.54) is 0 Å². The predicted octanol–water partition coefficient (Wildman–Crippen LogP) is 5.23. The normalized spacial score (nSPS) is 24.2. The molecule has 1 saturated heterocycles.